The zero-order valence-electron chi connectivity index (χ0n) is 40.6. The Balaban J connectivity index is 1.10. The van der Waals surface area contributed by atoms with Crippen LogP contribution in [0.5, 0.6) is 0 Å². The summed E-state index contributed by atoms with van der Waals surface area (Å²) in [5.41, 5.74) is 20.9. The monoisotopic (exact) mass is 925 g/mol. The summed E-state index contributed by atoms with van der Waals surface area (Å²) in [6.45, 7) is 4.80. The smallest absolute Gasteiger partial charge is 0.0726 e. The van der Waals surface area contributed by atoms with Gasteiger partial charge in [-0.05, 0) is 157 Å². The number of hydrogen-bond donors (Lipinski definition) is 0. The molecule has 0 radical (unpaired) electrons. The molecule has 0 heterocycles. The maximum absolute atomic E-state index is 2.66. The summed E-state index contributed by atoms with van der Waals surface area (Å²) in [7, 11) is 0. The minimum absolute atomic E-state index is 0.204. The van der Waals surface area contributed by atoms with Gasteiger partial charge in [-0.3, -0.25) is 0 Å². The number of anilines is 3. The largest absolute Gasteiger partial charge is 0.309 e. The molecular weight excluding hydrogens is 879 g/mol. The molecule has 0 saturated carbocycles. The third kappa shape index (κ3) is 5.31. The molecule has 1 heteroatoms. The summed E-state index contributed by atoms with van der Waals surface area (Å²) in [6, 6.07) is 94.6. The van der Waals surface area contributed by atoms with Crippen molar-refractivity contribution in [2.45, 2.75) is 24.7 Å². The first kappa shape index (κ1) is 40.7. The fourth-order valence-electron chi connectivity index (χ4n) is 14.2. The van der Waals surface area contributed by atoms with Crippen molar-refractivity contribution in [3.05, 3.63) is 282 Å². The minimum atomic E-state index is -0.546. The van der Waals surface area contributed by atoms with Crippen LogP contribution in [-0.2, 0) is 10.8 Å². The molecular formula is C72H47N. The van der Waals surface area contributed by atoms with Crippen LogP contribution in [0.15, 0.2) is 249 Å². The van der Waals surface area contributed by atoms with E-state index in [9.17, 15) is 0 Å². The van der Waals surface area contributed by atoms with Crippen LogP contribution in [-0.4, -0.2) is 0 Å². The van der Waals surface area contributed by atoms with Crippen LogP contribution in [0.4, 0.5) is 17.1 Å². The lowest BCUT2D eigenvalue weighted by Crippen LogP contribution is -2.26. The molecule has 73 heavy (non-hydrogen) atoms. The highest BCUT2D eigenvalue weighted by Crippen LogP contribution is 2.65. The molecule has 3 aliphatic carbocycles. The molecule has 1 spiro atoms. The van der Waals surface area contributed by atoms with Crippen LogP contribution in [0.2, 0.25) is 0 Å². The molecule has 0 unspecified atom stereocenters. The number of hydrogen-bond acceptors (Lipinski definition) is 1. The molecule has 0 bridgehead atoms. The van der Waals surface area contributed by atoms with Gasteiger partial charge in [0, 0.05) is 22.2 Å². The summed E-state index contributed by atoms with van der Waals surface area (Å²) in [6.07, 6.45) is 0. The van der Waals surface area contributed by atoms with Gasteiger partial charge in [0.2, 0.25) is 0 Å². The summed E-state index contributed by atoms with van der Waals surface area (Å²) >= 11 is 0. The average Bonchev–Trinajstić information content (AvgIpc) is 4.01. The average molecular weight is 926 g/mol. The van der Waals surface area contributed by atoms with Crippen molar-refractivity contribution >= 4 is 70.9 Å². The standard InChI is InChI=1S/C72H47N/c1-71(2)62-32-15-14-31-57(62)70-66(71)36-19-37-68(70)73(45-38-39-53-50-25-7-6-23-48(50)49-24-8-10-27-52(49)59(53)41-45)69-43-67-60(42-61(69)58-40-44-20-3-4-21-46(44)47-22-5-9-26-51(47)58)56-30-13-18-35-65(56)72(67)63-33-16-11-28-54(63)55-29-12-17-34-64(55)72/h3-43H,1-2H3. The Morgan fingerprint density at radius 2 is 0.726 bits per heavy atom. The van der Waals surface area contributed by atoms with E-state index in [0.29, 0.717) is 0 Å². The second-order valence-electron chi connectivity index (χ2n) is 21.0. The number of benzene rings is 13. The van der Waals surface area contributed by atoms with Crippen LogP contribution < -0.4 is 4.90 Å². The molecule has 1 nitrogen and oxygen atoms in total. The Labute approximate surface area is 424 Å². The van der Waals surface area contributed by atoms with Gasteiger partial charge in [0.05, 0.1) is 16.8 Å². The fourth-order valence-corrected chi connectivity index (χ4v) is 14.2. The number of nitrogens with zero attached hydrogens (tertiary/aromatic N) is 1. The van der Waals surface area contributed by atoms with E-state index >= 15 is 0 Å². The molecule has 0 aromatic heterocycles. The molecule has 0 saturated heterocycles. The Morgan fingerprint density at radius 3 is 1.36 bits per heavy atom. The SMILES string of the molecule is CC1(C)c2ccccc2-c2c(N(c3ccc4c5ccccc5c5ccccc5c4c3)c3cc4c(cc3-c3cc5ccccc5c5ccccc35)-c3ccccc3C43c4ccccc4-c4ccccc43)cccc21. The quantitative estimate of drug-likeness (QED) is 0.159. The van der Waals surface area contributed by atoms with E-state index in [4.69, 9.17) is 0 Å². The van der Waals surface area contributed by atoms with Crippen LogP contribution in [0.3, 0.4) is 0 Å². The minimum Gasteiger partial charge on any atom is -0.309 e. The first-order chi connectivity index (χ1) is 36.0. The highest BCUT2D eigenvalue weighted by Gasteiger charge is 2.52. The van der Waals surface area contributed by atoms with Gasteiger partial charge in [-0.1, -0.05) is 226 Å². The molecule has 0 aliphatic heterocycles. The van der Waals surface area contributed by atoms with Crippen molar-refractivity contribution in [1.29, 1.82) is 0 Å². The molecule has 0 N–H and O–H groups in total. The zero-order chi connectivity index (χ0) is 48.2. The lowest BCUT2D eigenvalue weighted by Gasteiger charge is -2.34. The van der Waals surface area contributed by atoms with Gasteiger partial charge in [-0.15, -0.1) is 0 Å². The van der Waals surface area contributed by atoms with Crippen molar-refractivity contribution in [3.63, 3.8) is 0 Å². The maximum atomic E-state index is 2.66. The zero-order valence-corrected chi connectivity index (χ0v) is 40.6. The van der Waals surface area contributed by atoms with Gasteiger partial charge in [0.15, 0.2) is 0 Å². The van der Waals surface area contributed by atoms with E-state index < -0.39 is 5.41 Å². The van der Waals surface area contributed by atoms with Gasteiger partial charge in [-0.25, -0.2) is 0 Å². The Morgan fingerprint density at radius 1 is 0.260 bits per heavy atom. The Hall–Kier alpha value is -9.04. The first-order valence-corrected chi connectivity index (χ1v) is 25.8. The highest BCUT2D eigenvalue weighted by molar-refractivity contribution is 6.26. The van der Waals surface area contributed by atoms with Crippen LogP contribution in [0, 0.1) is 0 Å². The lowest BCUT2D eigenvalue weighted by molar-refractivity contribution is 0.660. The van der Waals surface area contributed by atoms with Gasteiger partial charge < -0.3 is 4.90 Å². The van der Waals surface area contributed by atoms with E-state index in [2.05, 4.69) is 267 Å². The van der Waals surface area contributed by atoms with Crippen LogP contribution in [0.1, 0.15) is 47.2 Å². The van der Waals surface area contributed by atoms with Crippen molar-refractivity contribution in [1.82, 2.24) is 0 Å². The van der Waals surface area contributed by atoms with Gasteiger partial charge in [0.25, 0.3) is 0 Å². The van der Waals surface area contributed by atoms with Crippen molar-refractivity contribution in [2.75, 3.05) is 4.90 Å². The predicted octanol–water partition coefficient (Wildman–Crippen LogP) is 19.2. The second-order valence-corrected chi connectivity index (χ2v) is 21.0. The molecule has 16 rings (SSSR count). The summed E-state index contributed by atoms with van der Waals surface area (Å²) in [5, 5.41) is 12.5. The Bertz CT molecular complexity index is 4470. The molecule has 0 amide bonds. The van der Waals surface area contributed by atoms with Gasteiger partial charge in [-0.2, -0.15) is 0 Å². The van der Waals surface area contributed by atoms with Crippen molar-refractivity contribution < 1.29 is 0 Å². The third-order valence-electron chi connectivity index (χ3n) is 17.2. The van der Waals surface area contributed by atoms with Gasteiger partial charge in [0.1, 0.15) is 0 Å². The highest BCUT2D eigenvalue weighted by atomic mass is 15.1. The first-order valence-electron chi connectivity index (χ1n) is 25.8. The molecule has 3 aliphatic rings. The number of fused-ring (bicyclic) bond motifs is 22. The molecule has 13 aromatic carbocycles. The van der Waals surface area contributed by atoms with E-state index in [-0.39, 0.29) is 5.41 Å². The summed E-state index contributed by atoms with van der Waals surface area (Å²) in [4.78, 5) is 2.66. The molecule has 13 aromatic rings. The van der Waals surface area contributed by atoms with Crippen molar-refractivity contribution in [3.8, 4) is 44.5 Å². The molecule has 0 fully saturated rings. The summed E-state index contributed by atoms with van der Waals surface area (Å²) in [5.74, 6) is 0. The van der Waals surface area contributed by atoms with Crippen LogP contribution in [0.25, 0.3) is 98.4 Å². The van der Waals surface area contributed by atoms with Gasteiger partial charge >= 0.3 is 0 Å². The van der Waals surface area contributed by atoms with E-state index in [0.717, 1.165) is 11.4 Å². The third-order valence-corrected chi connectivity index (χ3v) is 17.2. The van der Waals surface area contributed by atoms with E-state index in [1.165, 1.54) is 137 Å². The van der Waals surface area contributed by atoms with Crippen molar-refractivity contribution in [2.24, 2.45) is 0 Å². The lowest BCUT2D eigenvalue weighted by atomic mass is 9.70. The second kappa shape index (κ2) is 14.8. The molecule has 340 valence electrons. The predicted molar refractivity (Wildman–Crippen MR) is 308 cm³/mol. The Kier molecular flexibility index (Phi) is 8.22. The molecule has 0 atom stereocenters. The summed E-state index contributed by atoms with van der Waals surface area (Å²) < 4.78 is 0. The van der Waals surface area contributed by atoms with Crippen LogP contribution >= 0.6 is 0 Å². The maximum Gasteiger partial charge on any atom is 0.0726 e. The van der Waals surface area contributed by atoms with E-state index in [1.54, 1.807) is 0 Å². The number of rotatable bonds is 4. The normalized spacial score (nSPS) is 14.1. The topological polar surface area (TPSA) is 3.24 Å². The van der Waals surface area contributed by atoms with E-state index in [1.807, 2.05) is 0 Å². The fraction of sp³-hybridized carbons (Fsp3) is 0.0556.